The zero-order valence-electron chi connectivity index (χ0n) is 13.4. The first kappa shape index (κ1) is 19.5. The summed E-state index contributed by atoms with van der Waals surface area (Å²) in [5.41, 5.74) is 1.10. The fraction of sp³-hybridized carbons (Fsp3) is 0.0625. The lowest BCUT2D eigenvalue weighted by Gasteiger charge is -2.09. The second-order valence-electron chi connectivity index (χ2n) is 5.12. The highest BCUT2D eigenvalue weighted by Gasteiger charge is 2.17. The van der Waals surface area contributed by atoms with E-state index in [-0.39, 0.29) is 22.6 Å². The predicted molar refractivity (Wildman–Crippen MR) is 108 cm³/mol. The molecule has 138 valence electrons. The highest BCUT2D eigenvalue weighted by atomic mass is 79.9. The van der Waals surface area contributed by atoms with Gasteiger partial charge in [-0.2, -0.15) is 0 Å². The Morgan fingerprint density at radius 3 is 2.48 bits per heavy atom. The molecule has 1 N–H and O–H groups in total. The SMILES string of the molecule is O=C(CSc1nnc(-c2ccccc2)o1)Nc1c(Br)cc([N+](=O)[O-])cc1Br. The molecule has 0 spiro atoms. The third kappa shape index (κ3) is 4.93. The van der Waals surface area contributed by atoms with E-state index >= 15 is 0 Å². The lowest BCUT2D eigenvalue weighted by molar-refractivity contribution is -0.385. The number of thioether (sulfide) groups is 1. The molecule has 0 aliphatic carbocycles. The Labute approximate surface area is 174 Å². The van der Waals surface area contributed by atoms with Crippen LogP contribution in [0.2, 0.25) is 0 Å². The van der Waals surface area contributed by atoms with E-state index < -0.39 is 4.92 Å². The topological polar surface area (TPSA) is 111 Å². The number of hydrogen-bond acceptors (Lipinski definition) is 7. The van der Waals surface area contributed by atoms with E-state index in [0.717, 1.165) is 17.3 Å². The summed E-state index contributed by atoms with van der Waals surface area (Å²) in [6.45, 7) is 0. The summed E-state index contributed by atoms with van der Waals surface area (Å²) in [6.07, 6.45) is 0. The van der Waals surface area contributed by atoms with Crippen LogP contribution in [0.4, 0.5) is 11.4 Å². The number of non-ortho nitro benzene ring substituents is 1. The molecule has 0 unspecified atom stereocenters. The van der Waals surface area contributed by atoms with Crippen molar-refractivity contribution in [2.75, 3.05) is 11.1 Å². The van der Waals surface area contributed by atoms with Crippen LogP contribution in [0.25, 0.3) is 11.5 Å². The number of nitrogens with one attached hydrogen (secondary N) is 1. The number of hydrogen-bond donors (Lipinski definition) is 1. The first-order chi connectivity index (χ1) is 12.9. The van der Waals surface area contributed by atoms with Crippen molar-refractivity contribution in [2.45, 2.75) is 5.22 Å². The molecule has 11 heteroatoms. The molecule has 0 radical (unpaired) electrons. The van der Waals surface area contributed by atoms with Crippen molar-refractivity contribution in [1.29, 1.82) is 0 Å². The molecule has 0 saturated carbocycles. The minimum Gasteiger partial charge on any atom is -0.411 e. The predicted octanol–water partition coefficient (Wildman–Crippen LogP) is 4.90. The maximum absolute atomic E-state index is 12.2. The molecule has 0 bridgehead atoms. The van der Waals surface area contributed by atoms with Crippen molar-refractivity contribution in [3.8, 4) is 11.5 Å². The number of halogens is 2. The second kappa shape index (κ2) is 8.63. The van der Waals surface area contributed by atoms with Gasteiger partial charge in [0.25, 0.3) is 10.9 Å². The zero-order chi connectivity index (χ0) is 19.4. The summed E-state index contributed by atoms with van der Waals surface area (Å²) in [6, 6.07) is 11.9. The molecule has 3 aromatic rings. The van der Waals surface area contributed by atoms with E-state index in [1.54, 1.807) is 0 Å². The van der Waals surface area contributed by atoms with Crippen molar-refractivity contribution >= 4 is 60.9 Å². The lowest BCUT2D eigenvalue weighted by Crippen LogP contribution is -2.15. The van der Waals surface area contributed by atoms with Gasteiger partial charge >= 0.3 is 0 Å². The fourth-order valence-electron chi connectivity index (χ4n) is 2.05. The second-order valence-corrected chi connectivity index (χ2v) is 7.75. The Morgan fingerprint density at radius 1 is 1.19 bits per heavy atom. The van der Waals surface area contributed by atoms with Gasteiger partial charge < -0.3 is 9.73 Å². The Balaban J connectivity index is 1.62. The summed E-state index contributed by atoms with van der Waals surface area (Å²) in [7, 11) is 0. The summed E-state index contributed by atoms with van der Waals surface area (Å²) in [4.78, 5) is 22.5. The normalized spacial score (nSPS) is 10.6. The molecule has 1 aromatic heterocycles. The van der Waals surface area contributed by atoms with Gasteiger partial charge in [0, 0.05) is 26.6 Å². The van der Waals surface area contributed by atoms with Gasteiger partial charge in [-0.15, -0.1) is 10.2 Å². The standard InChI is InChI=1S/C16H10Br2N4O4S/c17-11-6-10(22(24)25)7-12(18)14(11)19-13(23)8-27-16-21-20-15(26-16)9-4-2-1-3-5-9/h1-7H,8H2,(H,19,23). The average Bonchev–Trinajstić information content (AvgIpc) is 3.12. The number of nitro groups is 1. The summed E-state index contributed by atoms with van der Waals surface area (Å²) >= 11 is 7.54. The van der Waals surface area contributed by atoms with E-state index in [1.165, 1.54) is 12.1 Å². The molecule has 1 heterocycles. The molecule has 0 saturated heterocycles. The largest absolute Gasteiger partial charge is 0.411 e. The van der Waals surface area contributed by atoms with Gasteiger partial charge in [-0.05, 0) is 44.0 Å². The van der Waals surface area contributed by atoms with E-state index in [1.807, 2.05) is 30.3 Å². The molecule has 27 heavy (non-hydrogen) atoms. The highest BCUT2D eigenvalue weighted by Crippen LogP contribution is 2.35. The van der Waals surface area contributed by atoms with Gasteiger partial charge in [-0.3, -0.25) is 14.9 Å². The van der Waals surface area contributed by atoms with Crippen molar-refractivity contribution < 1.29 is 14.1 Å². The van der Waals surface area contributed by atoms with Crippen LogP contribution in [-0.2, 0) is 4.79 Å². The number of aromatic nitrogens is 2. The van der Waals surface area contributed by atoms with E-state index in [9.17, 15) is 14.9 Å². The molecule has 0 fully saturated rings. The van der Waals surface area contributed by atoms with E-state index in [0.29, 0.717) is 20.5 Å². The third-order valence-corrected chi connectivity index (χ3v) is 5.33. The number of nitro benzene ring substituents is 1. The number of amides is 1. The molecule has 3 rings (SSSR count). The number of rotatable bonds is 6. The van der Waals surface area contributed by atoms with Gasteiger partial charge in [0.05, 0.1) is 16.4 Å². The Morgan fingerprint density at radius 2 is 1.85 bits per heavy atom. The number of anilines is 1. The Kier molecular flexibility index (Phi) is 6.24. The molecular formula is C16H10Br2N4O4S. The Bertz CT molecular complexity index is 974. The molecular weight excluding hydrogens is 504 g/mol. The first-order valence-corrected chi connectivity index (χ1v) is 9.96. The fourth-order valence-corrected chi connectivity index (χ4v) is 3.98. The van der Waals surface area contributed by atoms with Crippen LogP contribution in [0.3, 0.4) is 0 Å². The van der Waals surface area contributed by atoms with Crippen molar-refractivity contribution in [3.63, 3.8) is 0 Å². The van der Waals surface area contributed by atoms with Gasteiger partial charge in [-0.1, -0.05) is 30.0 Å². The lowest BCUT2D eigenvalue weighted by atomic mass is 10.2. The molecule has 2 aromatic carbocycles. The third-order valence-electron chi connectivity index (χ3n) is 3.26. The molecule has 0 aliphatic rings. The summed E-state index contributed by atoms with van der Waals surface area (Å²) in [5.74, 6) is 0.0841. The number of benzene rings is 2. The van der Waals surface area contributed by atoms with Crippen LogP contribution in [0.5, 0.6) is 0 Å². The van der Waals surface area contributed by atoms with Crippen LogP contribution in [0, 0.1) is 10.1 Å². The molecule has 0 aliphatic heterocycles. The number of nitrogens with zero attached hydrogens (tertiary/aromatic N) is 3. The zero-order valence-corrected chi connectivity index (χ0v) is 17.4. The number of carbonyl (C=O) groups is 1. The maximum atomic E-state index is 12.2. The van der Waals surface area contributed by atoms with Crippen LogP contribution < -0.4 is 5.32 Å². The minimum absolute atomic E-state index is 0.0340. The monoisotopic (exact) mass is 512 g/mol. The summed E-state index contributed by atoms with van der Waals surface area (Å²) in [5, 5.41) is 21.7. The van der Waals surface area contributed by atoms with Gasteiger partial charge in [-0.25, -0.2) is 0 Å². The van der Waals surface area contributed by atoms with E-state index in [4.69, 9.17) is 4.42 Å². The smallest absolute Gasteiger partial charge is 0.277 e. The maximum Gasteiger partial charge on any atom is 0.277 e. The van der Waals surface area contributed by atoms with Crippen LogP contribution in [-0.4, -0.2) is 26.8 Å². The van der Waals surface area contributed by atoms with Gasteiger partial charge in [0.1, 0.15) is 0 Å². The first-order valence-electron chi connectivity index (χ1n) is 7.39. The minimum atomic E-state index is -0.517. The van der Waals surface area contributed by atoms with Crippen LogP contribution >= 0.6 is 43.6 Å². The molecule has 0 atom stereocenters. The van der Waals surface area contributed by atoms with Crippen molar-refractivity contribution in [1.82, 2.24) is 10.2 Å². The van der Waals surface area contributed by atoms with Crippen molar-refractivity contribution in [2.24, 2.45) is 0 Å². The summed E-state index contributed by atoms with van der Waals surface area (Å²) < 4.78 is 6.32. The quantitative estimate of drug-likeness (QED) is 0.283. The number of carbonyl (C=O) groups excluding carboxylic acids is 1. The molecule has 8 nitrogen and oxygen atoms in total. The van der Waals surface area contributed by atoms with Gasteiger partial charge in [0.15, 0.2) is 0 Å². The van der Waals surface area contributed by atoms with Gasteiger partial charge in [0.2, 0.25) is 11.8 Å². The van der Waals surface area contributed by atoms with Crippen LogP contribution in [0.1, 0.15) is 0 Å². The van der Waals surface area contributed by atoms with Crippen LogP contribution in [0.15, 0.2) is 61.0 Å². The molecule has 1 amide bonds. The highest BCUT2D eigenvalue weighted by molar-refractivity contribution is 9.11. The average molecular weight is 514 g/mol. The Hall–Kier alpha value is -2.24. The van der Waals surface area contributed by atoms with Crippen molar-refractivity contribution in [3.05, 3.63) is 61.5 Å². The van der Waals surface area contributed by atoms with E-state index in [2.05, 4.69) is 47.4 Å².